The summed E-state index contributed by atoms with van der Waals surface area (Å²) in [7, 11) is 0. The van der Waals surface area contributed by atoms with Gasteiger partial charge in [-0.1, -0.05) is 103 Å². The fourth-order valence-electron chi connectivity index (χ4n) is 5.96. The first-order valence-corrected chi connectivity index (χ1v) is 15.4. The van der Waals surface area contributed by atoms with Gasteiger partial charge in [-0.2, -0.15) is 0 Å². The van der Waals surface area contributed by atoms with Crippen LogP contribution in [0.2, 0.25) is 0 Å². The quantitative estimate of drug-likeness (QED) is 0.195. The molecule has 0 spiro atoms. The Kier molecular flexibility index (Phi) is 6.35. The first kappa shape index (κ1) is 26.8. The average molecular weight is 604 g/mol. The lowest BCUT2D eigenvalue weighted by Crippen LogP contribution is -2.00. The molecular formula is C41H25N5O. The van der Waals surface area contributed by atoms with Crippen LogP contribution in [0, 0.1) is 0 Å². The number of fused-ring (bicyclic) bond motifs is 4. The zero-order valence-electron chi connectivity index (χ0n) is 25.1. The number of rotatable bonds is 5. The molecule has 0 fully saturated rings. The Morgan fingerprint density at radius 2 is 0.957 bits per heavy atom. The number of hydrogen-bond donors (Lipinski definition) is 0. The van der Waals surface area contributed by atoms with Gasteiger partial charge in [0, 0.05) is 27.5 Å². The summed E-state index contributed by atoms with van der Waals surface area (Å²) < 4.78 is 5.96. The van der Waals surface area contributed by atoms with Crippen LogP contribution in [0.25, 0.3) is 89.7 Å². The molecule has 47 heavy (non-hydrogen) atoms. The first-order chi connectivity index (χ1) is 23.2. The van der Waals surface area contributed by atoms with Gasteiger partial charge in [0.25, 0.3) is 0 Å². The van der Waals surface area contributed by atoms with Crippen molar-refractivity contribution >= 4 is 33.0 Å². The van der Waals surface area contributed by atoms with Crippen LogP contribution >= 0.6 is 0 Å². The Hall–Kier alpha value is -6.53. The molecule has 4 aromatic heterocycles. The highest BCUT2D eigenvalue weighted by Gasteiger charge is 2.14. The highest BCUT2D eigenvalue weighted by atomic mass is 16.3. The Labute approximate surface area is 270 Å². The number of para-hydroxylation sites is 1. The third kappa shape index (κ3) is 4.98. The third-order valence-electron chi connectivity index (χ3n) is 8.33. The summed E-state index contributed by atoms with van der Waals surface area (Å²) in [4.78, 5) is 24.5. The van der Waals surface area contributed by atoms with Crippen molar-refractivity contribution in [2.45, 2.75) is 0 Å². The summed E-state index contributed by atoms with van der Waals surface area (Å²) in [6, 6.07) is 50.8. The molecule has 220 valence electrons. The molecule has 6 nitrogen and oxygen atoms in total. The molecule has 0 saturated heterocycles. The monoisotopic (exact) mass is 603 g/mol. The molecular weight excluding hydrogens is 578 g/mol. The maximum absolute atomic E-state index is 5.96. The van der Waals surface area contributed by atoms with Crippen LogP contribution in [-0.2, 0) is 0 Å². The molecule has 0 aliphatic carbocycles. The second-order valence-corrected chi connectivity index (χ2v) is 11.4. The van der Waals surface area contributed by atoms with E-state index in [0.717, 1.165) is 72.2 Å². The van der Waals surface area contributed by atoms with Gasteiger partial charge in [-0.05, 0) is 59.7 Å². The van der Waals surface area contributed by atoms with Crippen molar-refractivity contribution in [1.29, 1.82) is 0 Å². The minimum Gasteiger partial charge on any atom is -0.454 e. The molecule has 0 radical (unpaired) electrons. The molecule has 0 bridgehead atoms. The topological polar surface area (TPSA) is 77.6 Å². The van der Waals surface area contributed by atoms with Gasteiger partial charge in [0.2, 0.25) is 0 Å². The number of hydrogen-bond acceptors (Lipinski definition) is 6. The Balaban J connectivity index is 1.08. The van der Waals surface area contributed by atoms with Crippen LogP contribution in [0.3, 0.4) is 0 Å². The zero-order chi connectivity index (χ0) is 31.2. The van der Waals surface area contributed by atoms with E-state index >= 15 is 0 Å². The van der Waals surface area contributed by atoms with E-state index in [1.165, 1.54) is 0 Å². The third-order valence-corrected chi connectivity index (χ3v) is 8.33. The smallest absolute Gasteiger partial charge is 0.164 e. The second-order valence-electron chi connectivity index (χ2n) is 11.4. The largest absolute Gasteiger partial charge is 0.454 e. The Morgan fingerprint density at radius 1 is 0.362 bits per heavy atom. The van der Waals surface area contributed by atoms with Gasteiger partial charge in [-0.3, -0.25) is 0 Å². The van der Waals surface area contributed by atoms with Gasteiger partial charge in [0.1, 0.15) is 11.1 Å². The summed E-state index contributed by atoms with van der Waals surface area (Å²) in [5.41, 5.74) is 9.93. The Bertz CT molecular complexity index is 2520. The van der Waals surface area contributed by atoms with E-state index in [9.17, 15) is 0 Å². The fraction of sp³-hybridized carbons (Fsp3) is 0. The predicted octanol–water partition coefficient (Wildman–Crippen LogP) is 10.0. The standard InChI is InChI=1S/C41H25N5O/c1-3-10-26(11-4-1)39-44-40(27-12-5-2-6-13-27)46-41(45-39)31-15-9-14-28(25-31)29-18-20-33-30(24-29)19-21-34(42-33)35-22-23-37-38(43-35)32-16-7-8-17-36(32)47-37/h1-25H. The molecule has 5 aromatic carbocycles. The highest BCUT2D eigenvalue weighted by molar-refractivity contribution is 6.03. The van der Waals surface area contributed by atoms with E-state index in [2.05, 4.69) is 36.4 Å². The van der Waals surface area contributed by atoms with Gasteiger partial charge in [0.05, 0.1) is 16.9 Å². The minimum atomic E-state index is 0.626. The number of benzene rings is 5. The van der Waals surface area contributed by atoms with Crippen LogP contribution in [0.15, 0.2) is 156 Å². The summed E-state index contributed by atoms with van der Waals surface area (Å²) >= 11 is 0. The molecule has 9 aromatic rings. The van der Waals surface area contributed by atoms with Crippen LogP contribution < -0.4 is 0 Å². The number of nitrogens with zero attached hydrogens (tertiary/aromatic N) is 5. The molecule has 0 atom stereocenters. The van der Waals surface area contributed by atoms with Gasteiger partial charge >= 0.3 is 0 Å². The number of aromatic nitrogens is 5. The molecule has 4 heterocycles. The summed E-state index contributed by atoms with van der Waals surface area (Å²) in [6.45, 7) is 0. The van der Waals surface area contributed by atoms with Crippen molar-refractivity contribution in [3.63, 3.8) is 0 Å². The van der Waals surface area contributed by atoms with E-state index in [-0.39, 0.29) is 0 Å². The van der Waals surface area contributed by atoms with E-state index in [0.29, 0.717) is 17.5 Å². The van der Waals surface area contributed by atoms with E-state index < -0.39 is 0 Å². The van der Waals surface area contributed by atoms with Crippen molar-refractivity contribution in [3.05, 3.63) is 152 Å². The molecule has 0 amide bonds. The van der Waals surface area contributed by atoms with Crippen molar-refractivity contribution in [2.75, 3.05) is 0 Å². The number of pyridine rings is 2. The summed E-state index contributed by atoms with van der Waals surface area (Å²) in [5.74, 6) is 1.91. The van der Waals surface area contributed by atoms with Crippen molar-refractivity contribution in [1.82, 2.24) is 24.9 Å². The first-order valence-electron chi connectivity index (χ1n) is 15.4. The van der Waals surface area contributed by atoms with E-state index in [1.807, 2.05) is 115 Å². The van der Waals surface area contributed by atoms with Gasteiger partial charge in [-0.25, -0.2) is 24.9 Å². The lowest BCUT2D eigenvalue weighted by atomic mass is 10.0. The summed E-state index contributed by atoms with van der Waals surface area (Å²) in [5, 5.41) is 2.05. The maximum Gasteiger partial charge on any atom is 0.164 e. The summed E-state index contributed by atoms with van der Waals surface area (Å²) in [6.07, 6.45) is 0. The molecule has 9 rings (SSSR count). The normalized spacial score (nSPS) is 11.4. The van der Waals surface area contributed by atoms with Crippen LogP contribution in [0.1, 0.15) is 0 Å². The molecule has 0 N–H and O–H groups in total. The predicted molar refractivity (Wildman–Crippen MR) is 187 cm³/mol. The maximum atomic E-state index is 5.96. The zero-order valence-corrected chi connectivity index (χ0v) is 25.1. The van der Waals surface area contributed by atoms with Gasteiger partial charge in [-0.15, -0.1) is 0 Å². The van der Waals surface area contributed by atoms with Crippen LogP contribution in [-0.4, -0.2) is 24.9 Å². The van der Waals surface area contributed by atoms with Crippen LogP contribution in [0.5, 0.6) is 0 Å². The number of furan rings is 1. The Morgan fingerprint density at radius 3 is 1.72 bits per heavy atom. The molecule has 6 heteroatoms. The lowest BCUT2D eigenvalue weighted by Gasteiger charge is -2.10. The molecule has 0 aliphatic heterocycles. The minimum absolute atomic E-state index is 0.626. The molecule has 0 saturated carbocycles. The van der Waals surface area contributed by atoms with Crippen molar-refractivity contribution < 1.29 is 4.42 Å². The molecule has 0 unspecified atom stereocenters. The molecule has 0 aliphatic rings. The van der Waals surface area contributed by atoms with Crippen LogP contribution in [0.4, 0.5) is 0 Å². The van der Waals surface area contributed by atoms with E-state index in [1.54, 1.807) is 0 Å². The van der Waals surface area contributed by atoms with Gasteiger partial charge in [0.15, 0.2) is 23.1 Å². The second kappa shape index (κ2) is 11.1. The van der Waals surface area contributed by atoms with E-state index in [4.69, 9.17) is 29.3 Å². The lowest BCUT2D eigenvalue weighted by molar-refractivity contribution is 0.668. The average Bonchev–Trinajstić information content (AvgIpc) is 3.53. The SMILES string of the molecule is c1ccc(-c2nc(-c3ccccc3)nc(-c3cccc(-c4ccc5nc(-c6ccc7oc8ccccc8c7n6)ccc5c4)c3)n2)cc1. The highest BCUT2D eigenvalue weighted by Crippen LogP contribution is 2.32. The van der Waals surface area contributed by atoms with Crippen molar-refractivity contribution in [2.24, 2.45) is 0 Å². The van der Waals surface area contributed by atoms with Crippen molar-refractivity contribution in [3.8, 4) is 56.7 Å². The fourth-order valence-corrected chi connectivity index (χ4v) is 5.96. The van der Waals surface area contributed by atoms with Gasteiger partial charge < -0.3 is 4.42 Å².